The van der Waals surface area contributed by atoms with Gasteiger partial charge >= 0.3 is 21.7 Å². The summed E-state index contributed by atoms with van der Waals surface area (Å²) in [7, 11) is -7.96. The van der Waals surface area contributed by atoms with Crippen molar-refractivity contribution in [2.45, 2.75) is 128 Å². The largest absolute Gasteiger partial charge is 4.00 e. The first-order chi connectivity index (χ1) is 30.5. The van der Waals surface area contributed by atoms with Crippen molar-refractivity contribution in [1.29, 1.82) is 0 Å². The Bertz CT molecular complexity index is 2250. The van der Waals surface area contributed by atoms with Crippen molar-refractivity contribution in [2.75, 3.05) is 9.44 Å². The molecule has 0 amide bonds. The summed E-state index contributed by atoms with van der Waals surface area (Å²) >= 11 is 0. The molecule has 2 aliphatic rings. The number of unbranched alkanes of at least 4 members (excludes halogenated alkanes) is 2. The fraction of sp³-hybridized carbons (Fsp3) is 0.385. The predicted molar refractivity (Wildman–Crippen MR) is 252 cm³/mol. The smallest absolute Gasteiger partial charge is 0.330 e. The number of aryl methyl sites for hydroxylation is 2. The first-order valence-corrected chi connectivity index (χ1v) is 24.9. The zero-order valence-electron chi connectivity index (χ0n) is 38.3. The quantitative estimate of drug-likeness (QED) is 0.0590. The van der Waals surface area contributed by atoms with E-state index >= 15 is 0 Å². The van der Waals surface area contributed by atoms with Gasteiger partial charge in [0.2, 0.25) is 0 Å². The van der Waals surface area contributed by atoms with Gasteiger partial charge in [-0.2, -0.15) is 12.2 Å². The van der Waals surface area contributed by atoms with E-state index in [1.807, 2.05) is 50.3 Å². The minimum absolute atomic E-state index is 0. The molecule has 4 aromatic carbocycles. The summed E-state index contributed by atoms with van der Waals surface area (Å²) in [6.07, 6.45) is 30.5. The summed E-state index contributed by atoms with van der Waals surface area (Å²) in [5.74, 6) is -2.91. The van der Waals surface area contributed by atoms with Crippen LogP contribution in [0.3, 0.4) is 0 Å². The molecule has 0 radical (unpaired) electrons. The number of nitrogens with one attached hydrogen (secondary N) is 2. The molecule has 0 saturated heterocycles. The van der Waals surface area contributed by atoms with Crippen LogP contribution in [-0.4, -0.2) is 16.8 Å². The normalized spacial score (nSPS) is 13.3. The molecule has 0 fully saturated rings. The summed E-state index contributed by atoms with van der Waals surface area (Å²) < 4.78 is 108. The average molecular weight is 967 g/mol. The van der Waals surface area contributed by atoms with Crippen LogP contribution in [0.5, 0.6) is 0 Å². The van der Waals surface area contributed by atoms with Crippen molar-refractivity contribution in [3.63, 3.8) is 0 Å². The predicted octanol–water partition coefficient (Wildman–Crippen LogP) is 13.9. The monoisotopic (exact) mass is 966 g/mol. The van der Waals surface area contributed by atoms with Crippen LogP contribution in [0.1, 0.15) is 114 Å². The number of rotatable bonds is 18. The maximum Gasteiger partial charge on any atom is 4.00 e. The van der Waals surface area contributed by atoms with Crippen LogP contribution in [0.15, 0.2) is 107 Å². The SMILES string of the molecule is CCCCC(CC)Cc1cc(S(=O)(=O)Nc2ccc(F)[c-]c2F)ccc1C.CCCCC(CC)Cc1cc(S(=O)(=O)Nc2ccc(F)[c-]c2F)ccc1C.[C-]1=CC=CC1.[C-]1=CC=CC1.[Ti+4]. The molecule has 348 valence electrons. The number of sulfonamides is 2. The van der Waals surface area contributed by atoms with Gasteiger partial charge in [-0.1, -0.05) is 91.2 Å². The van der Waals surface area contributed by atoms with Gasteiger partial charge < -0.3 is 9.44 Å². The van der Waals surface area contributed by atoms with Crippen LogP contribution < -0.4 is 9.44 Å². The summed E-state index contributed by atoms with van der Waals surface area (Å²) in [4.78, 5) is 0.134. The van der Waals surface area contributed by atoms with E-state index in [0.717, 1.165) is 124 Å². The Balaban J connectivity index is 0.000000361. The van der Waals surface area contributed by atoms with Crippen molar-refractivity contribution in [3.05, 3.63) is 167 Å². The molecule has 0 saturated carbocycles. The minimum atomic E-state index is -3.98. The Morgan fingerprint density at radius 3 is 1.25 bits per heavy atom. The fourth-order valence-electron chi connectivity index (χ4n) is 6.71. The van der Waals surface area contributed by atoms with Crippen molar-refractivity contribution in [3.8, 4) is 0 Å². The van der Waals surface area contributed by atoms with Crippen LogP contribution in [0.4, 0.5) is 28.9 Å². The van der Waals surface area contributed by atoms with E-state index in [9.17, 15) is 34.4 Å². The molecule has 2 N–H and O–H groups in total. The van der Waals surface area contributed by atoms with E-state index in [-0.39, 0.29) is 42.9 Å². The summed E-state index contributed by atoms with van der Waals surface area (Å²) in [6, 6.07) is 17.5. The van der Waals surface area contributed by atoms with Crippen LogP contribution in [0.2, 0.25) is 0 Å². The number of benzene rings is 4. The van der Waals surface area contributed by atoms with Gasteiger partial charge in [-0.3, -0.25) is 12.2 Å². The topological polar surface area (TPSA) is 92.3 Å². The maximum absolute atomic E-state index is 13.8. The fourth-order valence-corrected chi connectivity index (χ4v) is 8.93. The molecule has 0 bridgehead atoms. The molecular formula is C52H62F4N2O4S2Ti. The van der Waals surface area contributed by atoms with E-state index in [0.29, 0.717) is 11.8 Å². The second kappa shape index (κ2) is 29.4. The number of allylic oxidation sites excluding steroid dienone is 8. The maximum atomic E-state index is 13.8. The van der Waals surface area contributed by atoms with Gasteiger partial charge in [0.1, 0.15) is 0 Å². The third-order valence-corrected chi connectivity index (χ3v) is 13.5. The molecule has 65 heavy (non-hydrogen) atoms. The van der Waals surface area contributed by atoms with E-state index in [1.54, 1.807) is 24.3 Å². The van der Waals surface area contributed by atoms with Gasteiger partial charge in [0, 0.05) is 23.3 Å². The third-order valence-electron chi connectivity index (χ3n) is 10.7. The third kappa shape index (κ3) is 20.0. The molecule has 2 unspecified atom stereocenters. The summed E-state index contributed by atoms with van der Waals surface area (Å²) in [5, 5.41) is 0. The molecule has 0 heterocycles. The molecule has 0 spiro atoms. The number of hydrogen-bond donors (Lipinski definition) is 2. The van der Waals surface area contributed by atoms with Crippen LogP contribution in [-0.2, 0) is 54.6 Å². The summed E-state index contributed by atoms with van der Waals surface area (Å²) in [5.41, 5.74) is 3.37. The van der Waals surface area contributed by atoms with E-state index in [2.05, 4.69) is 61.4 Å². The molecule has 13 heteroatoms. The second-order valence-corrected chi connectivity index (χ2v) is 19.1. The first kappa shape index (κ1) is 56.9. The van der Waals surface area contributed by atoms with Crippen molar-refractivity contribution >= 4 is 31.4 Å². The Labute approximate surface area is 401 Å². The number of anilines is 2. The van der Waals surface area contributed by atoms with Gasteiger partial charge in [-0.05, 0) is 96.4 Å². The van der Waals surface area contributed by atoms with Crippen molar-refractivity contribution < 1.29 is 56.1 Å². The molecule has 0 aliphatic heterocycles. The molecular weight excluding hydrogens is 905 g/mol. The minimum Gasteiger partial charge on any atom is -0.330 e. The molecule has 0 aromatic heterocycles. The Morgan fingerprint density at radius 1 is 0.585 bits per heavy atom. The van der Waals surface area contributed by atoms with Crippen LogP contribution in [0, 0.1) is 73.2 Å². The zero-order valence-corrected chi connectivity index (χ0v) is 41.5. The van der Waals surface area contributed by atoms with Gasteiger partial charge in [-0.15, -0.1) is 49.2 Å². The second-order valence-electron chi connectivity index (χ2n) is 15.7. The van der Waals surface area contributed by atoms with Crippen LogP contribution >= 0.6 is 0 Å². The van der Waals surface area contributed by atoms with Crippen molar-refractivity contribution in [2.24, 2.45) is 11.8 Å². The first-order valence-electron chi connectivity index (χ1n) is 22.0. The van der Waals surface area contributed by atoms with Crippen molar-refractivity contribution in [1.82, 2.24) is 0 Å². The Morgan fingerprint density at radius 2 is 0.969 bits per heavy atom. The molecule has 6 rings (SSSR count). The molecule has 4 aromatic rings. The zero-order chi connectivity index (χ0) is 47.1. The van der Waals surface area contributed by atoms with Gasteiger partial charge in [0.25, 0.3) is 20.0 Å². The van der Waals surface area contributed by atoms with Gasteiger partial charge in [-0.25, -0.2) is 58.7 Å². The molecule has 2 aliphatic carbocycles. The van der Waals surface area contributed by atoms with Gasteiger partial charge in [0.15, 0.2) is 0 Å². The number of hydrogen-bond acceptors (Lipinski definition) is 4. The summed E-state index contributed by atoms with van der Waals surface area (Å²) in [6.45, 7) is 12.5. The van der Waals surface area contributed by atoms with Crippen LogP contribution in [0.25, 0.3) is 0 Å². The van der Waals surface area contributed by atoms with E-state index in [1.165, 1.54) is 12.1 Å². The van der Waals surface area contributed by atoms with Gasteiger partial charge in [0.05, 0.1) is 9.79 Å². The van der Waals surface area contributed by atoms with E-state index in [4.69, 9.17) is 0 Å². The Kier molecular flexibility index (Phi) is 25.8. The van der Waals surface area contributed by atoms with E-state index < -0.39 is 43.3 Å². The number of halogens is 4. The standard InChI is InChI=1S/2C21H26F2NO2S.2C5H5.Ti/c2*1-4-6-7-16(5-2)12-17-13-19(10-8-15(17)3)27(25,26)24-21-11-9-18(22)14-20(21)23;2*1-2-4-5-3-1;/h2*8-11,13,16,24H,4-7,12H2,1-3H3;2*1-3H,4H2;/q4*-1;+4. The Hall–Kier alpha value is -4.23. The average Bonchev–Trinajstić information content (AvgIpc) is 4.06. The molecule has 2 atom stereocenters. The molecule has 6 nitrogen and oxygen atoms in total.